The molecule has 0 aliphatic carbocycles. The van der Waals surface area contributed by atoms with Crippen LogP contribution in [0.2, 0.25) is 0 Å². The van der Waals surface area contributed by atoms with E-state index in [-0.39, 0.29) is 21.2 Å². The van der Waals surface area contributed by atoms with E-state index in [1.807, 2.05) is 0 Å². The molecule has 23 heavy (non-hydrogen) atoms. The number of amides is 1. The molecule has 0 spiro atoms. The lowest BCUT2D eigenvalue weighted by Crippen LogP contribution is -2.30. The van der Waals surface area contributed by atoms with Crippen molar-refractivity contribution in [3.05, 3.63) is 40.6 Å². The molecule has 124 valence electrons. The Bertz CT molecular complexity index is 795. The molecule has 1 heterocycles. The summed E-state index contributed by atoms with van der Waals surface area (Å²) in [6, 6.07) is 7.70. The number of rotatable bonds is 6. The predicted octanol–water partition coefficient (Wildman–Crippen LogP) is 2.74. The fraction of sp³-hybridized carbons (Fsp3) is 0.267. The number of phenolic OH excluding ortho intramolecular Hbond substituents is 1. The third kappa shape index (κ3) is 3.72. The fourth-order valence-corrected chi connectivity index (χ4v) is 4.66. The Morgan fingerprint density at radius 3 is 2.52 bits per heavy atom. The Morgan fingerprint density at radius 2 is 1.91 bits per heavy atom. The summed E-state index contributed by atoms with van der Waals surface area (Å²) in [5.41, 5.74) is 0.277. The minimum absolute atomic E-state index is 0.0478. The van der Waals surface area contributed by atoms with Crippen LogP contribution in [0.1, 0.15) is 23.5 Å². The highest BCUT2D eigenvalue weighted by Gasteiger charge is 2.24. The van der Waals surface area contributed by atoms with Gasteiger partial charge in [0.15, 0.2) is 0 Å². The summed E-state index contributed by atoms with van der Waals surface area (Å²) in [7, 11) is -3.58. The first-order valence-corrected chi connectivity index (χ1v) is 9.40. The normalized spacial score (nSPS) is 11.6. The van der Waals surface area contributed by atoms with Crippen LogP contribution in [-0.2, 0) is 10.0 Å². The zero-order valence-corrected chi connectivity index (χ0v) is 14.4. The van der Waals surface area contributed by atoms with Gasteiger partial charge >= 0.3 is 0 Å². The quantitative estimate of drug-likeness (QED) is 0.781. The molecule has 0 bridgehead atoms. The highest BCUT2D eigenvalue weighted by atomic mass is 32.2. The average molecular weight is 354 g/mol. The van der Waals surface area contributed by atoms with Crippen molar-refractivity contribution < 1.29 is 18.3 Å². The molecule has 0 fully saturated rings. The van der Waals surface area contributed by atoms with Crippen LogP contribution < -0.4 is 5.32 Å². The van der Waals surface area contributed by atoms with E-state index in [0.717, 1.165) is 11.3 Å². The standard InChI is InChI=1S/C15H18N2O4S2/c1-3-17(4-2)23(20,21)11-9-14(22-10-11)15(19)16-12-7-5-6-8-13(12)18/h5-10,18H,3-4H2,1-2H3,(H,16,19). The summed E-state index contributed by atoms with van der Waals surface area (Å²) in [6.45, 7) is 4.26. The van der Waals surface area contributed by atoms with Gasteiger partial charge in [-0.3, -0.25) is 4.79 Å². The lowest BCUT2D eigenvalue weighted by molar-refractivity contribution is 0.103. The minimum atomic E-state index is -3.58. The van der Waals surface area contributed by atoms with E-state index in [2.05, 4.69) is 5.32 Å². The molecule has 6 nitrogen and oxygen atoms in total. The molecule has 0 atom stereocenters. The SMILES string of the molecule is CCN(CC)S(=O)(=O)c1csc(C(=O)Nc2ccccc2O)c1. The van der Waals surface area contributed by atoms with Crippen molar-refractivity contribution in [1.82, 2.24) is 4.31 Å². The van der Waals surface area contributed by atoms with Crippen molar-refractivity contribution in [2.45, 2.75) is 18.7 Å². The van der Waals surface area contributed by atoms with E-state index in [1.165, 1.54) is 21.8 Å². The Morgan fingerprint density at radius 1 is 1.26 bits per heavy atom. The van der Waals surface area contributed by atoms with Crippen molar-refractivity contribution in [1.29, 1.82) is 0 Å². The third-order valence-electron chi connectivity index (χ3n) is 3.29. The maximum Gasteiger partial charge on any atom is 0.265 e. The Hall–Kier alpha value is -1.90. The maximum absolute atomic E-state index is 12.4. The van der Waals surface area contributed by atoms with Crippen LogP contribution in [0.25, 0.3) is 0 Å². The predicted molar refractivity (Wildman–Crippen MR) is 90.5 cm³/mol. The molecule has 0 aliphatic heterocycles. The lowest BCUT2D eigenvalue weighted by atomic mass is 10.3. The zero-order chi connectivity index (χ0) is 17.0. The summed E-state index contributed by atoms with van der Waals surface area (Å²) in [6.07, 6.45) is 0. The lowest BCUT2D eigenvalue weighted by Gasteiger charge is -2.17. The summed E-state index contributed by atoms with van der Waals surface area (Å²) < 4.78 is 26.1. The number of anilines is 1. The van der Waals surface area contributed by atoms with Gasteiger partial charge < -0.3 is 10.4 Å². The van der Waals surface area contributed by atoms with Crippen molar-refractivity contribution in [3.63, 3.8) is 0 Å². The van der Waals surface area contributed by atoms with Crippen molar-refractivity contribution in [3.8, 4) is 5.75 Å². The van der Waals surface area contributed by atoms with Crippen LogP contribution in [0.5, 0.6) is 5.75 Å². The van der Waals surface area contributed by atoms with Gasteiger partial charge in [-0.25, -0.2) is 8.42 Å². The molecular formula is C15H18N2O4S2. The number of carbonyl (C=O) groups excluding carboxylic acids is 1. The van der Waals surface area contributed by atoms with E-state index in [0.29, 0.717) is 13.1 Å². The van der Waals surface area contributed by atoms with Gasteiger partial charge in [-0.15, -0.1) is 11.3 Å². The van der Waals surface area contributed by atoms with Crippen LogP contribution >= 0.6 is 11.3 Å². The second-order valence-electron chi connectivity index (χ2n) is 4.71. The molecule has 0 unspecified atom stereocenters. The first-order chi connectivity index (χ1) is 10.9. The molecule has 0 aliphatic rings. The monoisotopic (exact) mass is 354 g/mol. The average Bonchev–Trinajstić information content (AvgIpc) is 3.01. The van der Waals surface area contributed by atoms with Gasteiger partial charge in [0.2, 0.25) is 10.0 Å². The molecule has 2 aromatic rings. The van der Waals surface area contributed by atoms with Gasteiger partial charge in [0.25, 0.3) is 5.91 Å². The van der Waals surface area contributed by atoms with E-state index < -0.39 is 15.9 Å². The van der Waals surface area contributed by atoms with E-state index in [9.17, 15) is 18.3 Å². The van der Waals surface area contributed by atoms with Crippen molar-refractivity contribution in [2.75, 3.05) is 18.4 Å². The summed E-state index contributed by atoms with van der Waals surface area (Å²) in [4.78, 5) is 12.6. The van der Waals surface area contributed by atoms with Crippen molar-refractivity contribution >= 4 is 33.0 Å². The molecule has 0 saturated carbocycles. The van der Waals surface area contributed by atoms with Crippen LogP contribution in [0, 0.1) is 0 Å². The van der Waals surface area contributed by atoms with Gasteiger partial charge in [-0.05, 0) is 18.2 Å². The third-order valence-corrected chi connectivity index (χ3v) is 6.40. The fourth-order valence-electron chi connectivity index (χ4n) is 2.05. The molecule has 1 amide bonds. The first kappa shape index (κ1) is 17.5. The van der Waals surface area contributed by atoms with Crippen LogP contribution in [0.3, 0.4) is 0 Å². The van der Waals surface area contributed by atoms with E-state index >= 15 is 0 Å². The number of thiophene rings is 1. The molecular weight excluding hydrogens is 336 g/mol. The number of nitrogens with one attached hydrogen (secondary N) is 1. The number of hydrogen-bond donors (Lipinski definition) is 2. The number of carbonyl (C=O) groups is 1. The smallest absolute Gasteiger partial charge is 0.265 e. The Balaban J connectivity index is 2.22. The molecule has 1 aromatic carbocycles. The van der Waals surface area contributed by atoms with E-state index in [1.54, 1.807) is 32.0 Å². The molecule has 0 saturated heterocycles. The van der Waals surface area contributed by atoms with Crippen molar-refractivity contribution in [2.24, 2.45) is 0 Å². The number of para-hydroxylation sites is 2. The van der Waals surface area contributed by atoms with Gasteiger partial charge in [0.05, 0.1) is 15.5 Å². The molecule has 0 radical (unpaired) electrons. The highest BCUT2D eigenvalue weighted by molar-refractivity contribution is 7.89. The maximum atomic E-state index is 12.4. The molecule has 1 aromatic heterocycles. The van der Waals surface area contributed by atoms with Crippen LogP contribution in [-0.4, -0.2) is 36.8 Å². The number of phenols is 1. The molecule has 2 N–H and O–H groups in total. The topological polar surface area (TPSA) is 86.7 Å². The van der Waals surface area contributed by atoms with Gasteiger partial charge in [0.1, 0.15) is 5.75 Å². The van der Waals surface area contributed by atoms with Gasteiger partial charge in [-0.1, -0.05) is 26.0 Å². The summed E-state index contributed by atoms with van der Waals surface area (Å²) in [5, 5.41) is 13.7. The number of benzene rings is 1. The summed E-state index contributed by atoms with van der Waals surface area (Å²) >= 11 is 1.05. The molecule has 2 rings (SSSR count). The second kappa shape index (κ2) is 7.12. The number of aromatic hydroxyl groups is 1. The summed E-state index contributed by atoms with van der Waals surface area (Å²) in [5.74, 6) is -0.508. The largest absolute Gasteiger partial charge is 0.506 e. The zero-order valence-electron chi connectivity index (χ0n) is 12.8. The van der Waals surface area contributed by atoms with Crippen LogP contribution in [0.4, 0.5) is 5.69 Å². The number of hydrogen-bond acceptors (Lipinski definition) is 5. The second-order valence-corrected chi connectivity index (χ2v) is 7.56. The Labute approximate surface area is 139 Å². The van der Waals surface area contributed by atoms with Gasteiger partial charge in [-0.2, -0.15) is 4.31 Å². The molecule has 8 heteroatoms. The minimum Gasteiger partial charge on any atom is -0.506 e. The van der Waals surface area contributed by atoms with Gasteiger partial charge in [0, 0.05) is 18.5 Å². The highest BCUT2D eigenvalue weighted by Crippen LogP contribution is 2.26. The van der Waals surface area contributed by atoms with Crippen LogP contribution in [0.15, 0.2) is 40.6 Å². The Kier molecular flexibility index (Phi) is 5.40. The first-order valence-electron chi connectivity index (χ1n) is 7.08. The number of sulfonamides is 1. The van der Waals surface area contributed by atoms with E-state index in [4.69, 9.17) is 0 Å². The number of nitrogens with zero attached hydrogens (tertiary/aromatic N) is 1.